The second kappa shape index (κ2) is 7.91. The number of hydrogen-bond acceptors (Lipinski definition) is 4. The molecule has 1 aliphatic heterocycles. The minimum atomic E-state index is -2.84. The zero-order chi connectivity index (χ0) is 13.4. The molecular weight excluding hydrogens is 270 g/mol. The fourth-order valence-electron chi connectivity index (χ4n) is 1.97. The van der Waals surface area contributed by atoms with Crippen LogP contribution >= 0.6 is 12.2 Å². The van der Waals surface area contributed by atoms with E-state index < -0.39 is 9.84 Å². The van der Waals surface area contributed by atoms with Crippen LogP contribution in [0.5, 0.6) is 0 Å². The summed E-state index contributed by atoms with van der Waals surface area (Å²) in [7, 11) is -2.84. The highest BCUT2D eigenvalue weighted by Crippen LogP contribution is 2.10. The topological polar surface area (TPSA) is 84.2 Å². The maximum absolute atomic E-state index is 11.3. The molecule has 1 heterocycles. The summed E-state index contributed by atoms with van der Waals surface area (Å²) >= 11 is 5.13. The number of hydrogen-bond donors (Lipinski definition) is 3. The van der Waals surface area contributed by atoms with Gasteiger partial charge < -0.3 is 16.4 Å². The minimum Gasteiger partial charge on any atom is -0.363 e. The predicted molar refractivity (Wildman–Crippen MR) is 78.3 cm³/mol. The van der Waals surface area contributed by atoms with Crippen molar-refractivity contribution in [3.8, 4) is 0 Å². The Kier molecular flexibility index (Phi) is 6.88. The van der Waals surface area contributed by atoms with Gasteiger partial charge in [0.15, 0.2) is 14.9 Å². The summed E-state index contributed by atoms with van der Waals surface area (Å²) in [5, 5.41) is 6.73. The van der Waals surface area contributed by atoms with Crippen LogP contribution in [0, 0.1) is 0 Å². The van der Waals surface area contributed by atoms with Crippen LogP contribution in [0.25, 0.3) is 0 Å². The molecule has 0 amide bonds. The number of sulfone groups is 1. The van der Waals surface area contributed by atoms with Gasteiger partial charge in [0.1, 0.15) is 0 Å². The number of unbranched alkanes of at least 4 members (excludes halogenated alkanes) is 3. The lowest BCUT2D eigenvalue weighted by molar-refractivity contribution is 0.599. The van der Waals surface area contributed by atoms with E-state index in [4.69, 9.17) is 18.0 Å². The minimum absolute atomic E-state index is 0.0211. The van der Waals surface area contributed by atoms with Crippen molar-refractivity contribution >= 4 is 27.2 Å². The van der Waals surface area contributed by atoms with E-state index in [9.17, 15) is 8.42 Å². The maximum Gasteiger partial charge on any atom is 0.166 e. The molecule has 1 atom stereocenters. The quantitative estimate of drug-likeness (QED) is 0.458. The molecule has 0 saturated carbocycles. The standard InChI is InChI=1S/C11H23N3O2S2/c12-6-3-1-2-4-7-13-11(17)14-10-5-8-18(15,16)9-10/h10H,1-9,12H2,(H2,13,14,17)/t10-/m0/s1. The zero-order valence-corrected chi connectivity index (χ0v) is 12.3. The first kappa shape index (κ1) is 15.7. The fraction of sp³-hybridized carbons (Fsp3) is 0.909. The summed E-state index contributed by atoms with van der Waals surface area (Å²) < 4.78 is 22.5. The smallest absolute Gasteiger partial charge is 0.166 e. The van der Waals surface area contributed by atoms with Gasteiger partial charge >= 0.3 is 0 Å². The molecule has 1 fully saturated rings. The highest BCUT2D eigenvalue weighted by molar-refractivity contribution is 7.91. The Morgan fingerprint density at radius 2 is 2.00 bits per heavy atom. The van der Waals surface area contributed by atoms with Crippen LogP contribution < -0.4 is 16.4 Å². The molecule has 4 N–H and O–H groups in total. The van der Waals surface area contributed by atoms with Crippen molar-refractivity contribution in [1.82, 2.24) is 10.6 Å². The van der Waals surface area contributed by atoms with Crippen molar-refractivity contribution < 1.29 is 8.42 Å². The van der Waals surface area contributed by atoms with E-state index in [1.807, 2.05) is 0 Å². The monoisotopic (exact) mass is 293 g/mol. The summed E-state index contributed by atoms with van der Waals surface area (Å²) in [6.45, 7) is 1.58. The van der Waals surface area contributed by atoms with Gasteiger partial charge in [0.05, 0.1) is 11.5 Å². The van der Waals surface area contributed by atoms with Gasteiger partial charge in [-0.15, -0.1) is 0 Å². The molecule has 1 rings (SSSR count). The lowest BCUT2D eigenvalue weighted by Crippen LogP contribution is -2.42. The highest BCUT2D eigenvalue weighted by atomic mass is 32.2. The predicted octanol–water partition coefficient (Wildman–Crippen LogP) is 0.157. The molecule has 106 valence electrons. The molecule has 1 aliphatic rings. The summed E-state index contributed by atoms with van der Waals surface area (Å²) in [4.78, 5) is 0. The average Bonchev–Trinajstić information content (AvgIpc) is 2.63. The Morgan fingerprint density at radius 1 is 1.28 bits per heavy atom. The van der Waals surface area contributed by atoms with Gasteiger partial charge in [-0.05, 0) is 38.0 Å². The second-order valence-electron chi connectivity index (χ2n) is 4.70. The zero-order valence-electron chi connectivity index (χ0n) is 10.7. The first-order chi connectivity index (χ1) is 8.53. The highest BCUT2D eigenvalue weighted by Gasteiger charge is 2.27. The molecule has 5 nitrogen and oxygen atoms in total. The van der Waals surface area contributed by atoms with E-state index in [2.05, 4.69) is 10.6 Å². The molecule has 0 bridgehead atoms. The van der Waals surface area contributed by atoms with Crippen molar-refractivity contribution in [3.63, 3.8) is 0 Å². The summed E-state index contributed by atoms with van der Waals surface area (Å²) in [5.41, 5.74) is 5.41. The van der Waals surface area contributed by atoms with Crippen LogP contribution in [-0.4, -0.2) is 44.2 Å². The third-order valence-electron chi connectivity index (χ3n) is 2.98. The second-order valence-corrected chi connectivity index (χ2v) is 7.34. The largest absolute Gasteiger partial charge is 0.363 e. The Bertz CT molecular complexity index is 357. The number of rotatable bonds is 7. The summed E-state index contributed by atoms with van der Waals surface area (Å²) in [5.74, 6) is 0.470. The number of nitrogens with two attached hydrogens (primary N) is 1. The van der Waals surface area contributed by atoms with Crippen LogP contribution in [0.4, 0.5) is 0 Å². The van der Waals surface area contributed by atoms with Gasteiger partial charge in [-0.2, -0.15) is 0 Å². The van der Waals surface area contributed by atoms with Crippen molar-refractivity contribution in [2.24, 2.45) is 5.73 Å². The molecule has 0 aromatic heterocycles. The first-order valence-corrected chi connectivity index (χ1v) is 8.71. The third kappa shape index (κ3) is 6.51. The lowest BCUT2D eigenvalue weighted by Gasteiger charge is -2.14. The van der Waals surface area contributed by atoms with E-state index >= 15 is 0 Å². The van der Waals surface area contributed by atoms with Crippen molar-refractivity contribution in [1.29, 1.82) is 0 Å². The molecule has 0 aliphatic carbocycles. The summed E-state index contributed by atoms with van der Waals surface area (Å²) in [6, 6.07) is -0.0211. The van der Waals surface area contributed by atoms with E-state index in [0.717, 1.165) is 38.8 Å². The normalized spacial score (nSPS) is 21.7. The third-order valence-corrected chi connectivity index (χ3v) is 5.01. The molecule has 0 aromatic carbocycles. The van der Waals surface area contributed by atoms with Crippen molar-refractivity contribution in [2.45, 2.75) is 38.1 Å². The molecular formula is C11H23N3O2S2. The van der Waals surface area contributed by atoms with Crippen molar-refractivity contribution in [2.75, 3.05) is 24.6 Å². The average molecular weight is 293 g/mol. The van der Waals surface area contributed by atoms with Gasteiger partial charge in [-0.1, -0.05) is 12.8 Å². The van der Waals surface area contributed by atoms with Gasteiger partial charge in [-0.25, -0.2) is 8.42 Å². The van der Waals surface area contributed by atoms with E-state index in [-0.39, 0.29) is 17.5 Å². The number of thiocarbonyl (C=S) groups is 1. The molecule has 1 saturated heterocycles. The summed E-state index contributed by atoms with van der Waals surface area (Å²) in [6.07, 6.45) is 5.08. The SMILES string of the molecule is NCCCCCCNC(=S)N[C@H]1CCS(=O)(=O)C1. The Hall–Kier alpha value is -0.400. The van der Waals surface area contributed by atoms with Crippen LogP contribution in [-0.2, 0) is 9.84 Å². The maximum atomic E-state index is 11.3. The Balaban J connectivity index is 2.04. The van der Waals surface area contributed by atoms with E-state index in [1.54, 1.807) is 0 Å². The Morgan fingerprint density at radius 3 is 2.61 bits per heavy atom. The molecule has 7 heteroatoms. The Labute approximate surface area is 115 Å². The fourth-order valence-corrected chi connectivity index (χ4v) is 3.91. The van der Waals surface area contributed by atoms with Crippen LogP contribution in [0.3, 0.4) is 0 Å². The van der Waals surface area contributed by atoms with Gasteiger partial charge in [0.25, 0.3) is 0 Å². The first-order valence-electron chi connectivity index (χ1n) is 6.48. The van der Waals surface area contributed by atoms with Crippen LogP contribution in [0.1, 0.15) is 32.1 Å². The van der Waals surface area contributed by atoms with E-state index in [0.29, 0.717) is 11.5 Å². The molecule has 18 heavy (non-hydrogen) atoms. The molecule has 0 spiro atoms. The van der Waals surface area contributed by atoms with Gasteiger partial charge in [0.2, 0.25) is 0 Å². The molecule has 0 radical (unpaired) electrons. The number of nitrogens with one attached hydrogen (secondary N) is 2. The van der Waals surface area contributed by atoms with Gasteiger partial charge in [-0.3, -0.25) is 0 Å². The van der Waals surface area contributed by atoms with Crippen molar-refractivity contribution in [3.05, 3.63) is 0 Å². The van der Waals surface area contributed by atoms with Crippen LogP contribution in [0.2, 0.25) is 0 Å². The van der Waals surface area contributed by atoms with Gasteiger partial charge in [0, 0.05) is 12.6 Å². The molecule has 0 unspecified atom stereocenters. The van der Waals surface area contributed by atoms with E-state index in [1.165, 1.54) is 0 Å². The lowest BCUT2D eigenvalue weighted by atomic mass is 10.2. The van der Waals surface area contributed by atoms with Crippen LogP contribution in [0.15, 0.2) is 0 Å². The molecule has 0 aromatic rings.